The molecule has 0 aliphatic heterocycles. The van der Waals surface area contributed by atoms with E-state index in [-0.39, 0.29) is 5.92 Å². The van der Waals surface area contributed by atoms with E-state index >= 15 is 0 Å². The second kappa shape index (κ2) is 7.07. The highest BCUT2D eigenvalue weighted by molar-refractivity contribution is 5.80. The van der Waals surface area contributed by atoms with E-state index in [9.17, 15) is 9.90 Å². The minimum atomic E-state index is -0.782. The van der Waals surface area contributed by atoms with Crippen molar-refractivity contribution in [3.8, 4) is 0 Å². The molecule has 5 heteroatoms. The second-order valence-electron chi connectivity index (χ2n) is 5.02. The van der Waals surface area contributed by atoms with Crippen LogP contribution in [0.1, 0.15) is 26.7 Å². The Hall–Kier alpha value is -0.650. The summed E-state index contributed by atoms with van der Waals surface area (Å²) in [5, 5.41) is 12.8. The standard InChI is InChI=1S/C13H26N2O3/c1-4-14-13(12(16)17,11-6-7-11)10-15(3)8-9-18-5-2/h11,14H,4-10H2,1-3H3,(H,16,17). The number of hydrogen-bond acceptors (Lipinski definition) is 4. The predicted octanol–water partition coefficient (Wildman–Crippen LogP) is 0.798. The first kappa shape index (κ1) is 15.4. The first-order valence-corrected chi connectivity index (χ1v) is 6.81. The maximum atomic E-state index is 11.6. The molecule has 1 unspecified atom stereocenters. The van der Waals surface area contributed by atoms with Crippen LogP contribution in [0.25, 0.3) is 0 Å². The number of carboxylic acid groups (broad SMARTS) is 1. The fraction of sp³-hybridized carbons (Fsp3) is 0.923. The summed E-state index contributed by atoms with van der Waals surface area (Å²) in [5.74, 6) is -0.459. The van der Waals surface area contributed by atoms with Crippen molar-refractivity contribution in [2.75, 3.05) is 39.9 Å². The molecule has 0 aromatic carbocycles. The fourth-order valence-corrected chi connectivity index (χ4v) is 2.41. The van der Waals surface area contributed by atoms with E-state index in [0.29, 0.717) is 26.3 Å². The van der Waals surface area contributed by atoms with Gasteiger partial charge in [0.2, 0.25) is 0 Å². The summed E-state index contributed by atoms with van der Waals surface area (Å²) in [4.78, 5) is 13.7. The number of carboxylic acids is 1. The lowest BCUT2D eigenvalue weighted by Crippen LogP contribution is -2.60. The van der Waals surface area contributed by atoms with Crippen LogP contribution in [0.2, 0.25) is 0 Å². The highest BCUT2D eigenvalue weighted by atomic mass is 16.5. The molecule has 0 radical (unpaired) electrons. The number of ether oxygens (including phenoxy) is 1. The van der Waals surface area contributed by atoms with Gasteiger partial charge in [0.25, 0.3) is 0 Å². The molecule has 18 heavy (non-hydrogen) atoms. The molecular formula is C13H26N2O3. The summed E-state index contributed by atoms with van der Waals surface area (Å²) in [6.07, 6.45) is 2.02. The molecule has 1 fully saturated rings. The number of nitrogens with zero attached hydrogens (tertiary/aromatic N) is 1. The molecule has 106 valence electrons. The monoisotopic (exact) mass is 258 g/mol. The molecular weight excluding hydrogens is 232 g/mol. The summed E-state index contributed by atoms with van der Waals surface area (Å²) < 4.78 is 5.31. The molecule has 1 aliphatic carbocycles. The molecule has 2 N–H and O–H groups in total. The van der Waals surface area contributed by atoms with Gasteiger partial charge in [0.05, 0.1) is 6.61 Å². The smallest absolute Gasteiger partial charge is 0.325 e. The summed E-state index contributed by atoms with van der Waals surface area (Å²) in [6, 6.07) is 0. The van der Waals surface area contributed by atoms with Gasteiger partial charge in [-0.1, -0.05) is 6.92 Å². The quantitative estimate of drug-likeness (QED) is 0.568. The number of nitrogens with one attached hydrogen (secondary N) is 1. The predicted molar refractivity (Wildman–Crippen MR) is 70.8 cm³/mol. The van der Waals surface area contributed by atoms with Crippen molar-refractivity contribution in [2.24, 2.45) is 5.92 Å². The van der Waals surface area contributed by atoms with Crippen LogP contribution in [0.15, 0.2) is 0 Å². The number of likely N-dealkylation sites (N-methyl/N-ethyl adjacent to an activating group) is 2. The lowest BCUT2D eigenvalue weighted by molar-refractivity contribution is -0.147. The van der Waals surface area contributed by atoms with Crippen LogP contribution in [-0.4, -0.2) is 61.4 Å². The Morgan fingerprint density at radius 3 is 2.61 bits per heavy atom. The minimum Gasteiger partial charge on any atom is -0.480 e. The van der Waals surface area contributed by atoms with Gasteiger partial charge < -0.3 is 20.1 Å². The molecule has 5 nitrogen and oxygen atoms in total. The van der Waals surface area contributed by atoms with E-state index in [2.05, 4.69) is 5.32 Å². The van der Waals surface area contributed by atoms with Crippen molar-refractivity contribution in [1.29, 1.82) is 0 Å². The van der Waals surface area contributed by atoms with E-state index in [1.54, 1.807) is 0 Å². The van der Waals surface area contributed by atoms with Gasteiger partial charge in [-0.15, -0.1) is 0 Å². The lowest BCUT2D eigenvalue weighted by atomic mass is 9.92. The molecule has 0 aromatic rings. The Kier molecular flexibility index (Phi) is 6.05. The summed E-state index contributed by atoms with van der Waals surface area (Å²) in [6.45, 7) is 7.26. The normalized spacial score (nSPS) is 18.9. The van der Waals surface area contributed by atoms with Crippen LogP contribution in [-0.2, 0) is 9.53 Å². The first-order chi connectivity index (χ1) is 8.56. The van der Waals surface area contributed by atoms with Crippen molar-refractivity contribution >= 4 is 5.97 Å². The molecule has 0 bridgehead atoms. The summed E-state index contributed by atoms with van der Waals surface area (Å²) >= 11 is 0. The van der Waals surface area contributed by atoms with Crippen LogP contribution in [0.4, 0.5) is 0 Å². The maximum Gasteiger partial charge on any atom is 0.325 e. The van der Waals surface area contributed by atoms with Gasteiger partial charge in [-0.05, 0) is 39.3 Å². The lowest BCUT2D eigenvalue weighted by Gasteiger charge is -2.34. The van der Waals surface area contributed by atoms with E-state index < -0.39 is 11.5 Å². The third-order valence-corrected chi connectivity index (χ3v) is 3.49. The molecule has 1 saturated carbocycles. The zero-order chi connectivity index (χ0) is 13.6. The zero-order valence-electron chi connectivity index (χ0n) is 11.7. The van der Waals surface area contributed by atoms with Gasteiger partial charge in [0.1, 0.15) is 5.54 Å². The Morgan fingerprint density at radius 1 is 1.50 bits per heavy atom. The largest absolute Gasteiger partial charge is 0.480 e. The summed E-state index contributed by atoms with van der Waals surface area (Å²) in [5.41, 5.74) is -0.782. The highest BCUT2D eigenvalue weighted by Gasteiger charge is 2.51. The van der Waals surface area contributed by atoms with Crippen molar-refractivity contribution in [3.05, 3.63) is 0 Å². The fourth-order valence-electron chi connectivity index (χ4n) is 2.41. The van der Waals surface area contributed by atoms with E-state index in [0.717, 1.165) is 19.4 Å². The van der Waals surface area contributed by atoms with E-state index in [1.165, 1.54) is 0 Å². The zero-order valence-corrected chi connectivity index (χ0v) is 11.7. The Bertz CT molecular complexity index is 269. The van der Waals surface area contributed by atoms with Gasteiger partial charge >= 0.3 is 5.97 Å². The van der Waals surface area contributed by atoms with Gasteiger partial charge in [-0.2, -0.15) is 0 Å². The topological polar surface area (TPSA) is 61.8 Å². The Labute approximate surface area is 109 Å². The van der Waals surface area contributed by atoms with E-state index in [1.807, 2.05) is 25.8 Å². The number of carbonyl (C=O) groups is 1. The first-order valence-electron chi connectivity index (χ1n) is 6.81. The van der Waals surface area contributed by atoms with Gasteiger partial charge in [-0.25, -0.2) is 0 Å². The van der Waals surface area contributed by atoms with Crippen molar-refractivity contribution < 1.29 is 14.6 Å². The van der Waals surface area contributed by atoms with Crippen LogP contribution in [0, 0.1) is 5.92 Å². The minimum absolute atomic E-state index is 0.268. The van der Waals surface area contributed by atoms with Gasteiger partial charge in [-0.3, -0.25) is 4.79 Å². The molecule has 1 rings (SSSR count). The molecule has 0 saturated heterocycles. The number of hydrogen-bond donors (Lipinski definition) is 2. The van der Waals surface area contributed by atoms with Gasteiger partial charge in [0.15, 0.2) is 0 Å². The highest BCUT2D eigenvalue weighted by Crippen LogP contribution is 2.40. The van der Waals surface area contributed by atoms with Crippen molar-refractivity contribution in [1.82, 2.24) is 10.2 Å². The molecule has 0 spiro atoms. The van der Waals surface area contributed by atoms with Crippen LogP contribution >= 0.6 is 0 Å². The molecule has 1 aliphatic rings. The number of rotatable bonds is 10. The molecule has 0 aromatic heterocycles. The van der Waals surface area contributed by atoms with Gasteiger partial charge in [0, 0.05) is 19.7 Å². The van der Waals surface area contributed by atoms with Crippen LogP contribution in [0.5, 0.6) is 0 Å². The SMILES string of the molecule is CCNC(CN(C)CCOCC)(C(=O)O)C1CC1. The third-order valence-electron chi connectivity index (χ3n) is 3.49. The Balaban J connectivity index is 2.57. The maximum absolute atomic E-state index is 11.6. The second-order valence-corrected chi connectivity index (χ2v) is 5.02. The van der Waals surface area contributed by atoms with Crippen molar-refractivity contribution in [2.45, 2.75) is 32.2 Å². The molecule has 0 heterocycles. The average molecular weight is 258 g/mol. The third kappa shape index (κ3) is 3.93. The summed E-state index contributed by atoms with van der Waals surface area (Å²) in [7, 11) is 1.95. The van der Waals surface area contributed by atoms with E-state index in [4.69, 9.17) is 4.74 Å². The molecule has 1 atom stereocenters. The average Bonchev–Trinajstić information content (AvgIpc) is 3.12. The van der Waals surface area contributed by atoms with Crippen LogP contribution < -0.4 is 5.32 Å². The Morgan fingerprint density at radius 2 is 2.17 bits per heavy atom. The van der Waals surface area contributed by atoms with Crippen molar-refractivity contribution in [3.63, 3.8) is 0 Å². The van der Waals surface area contributed by atoms with Crippen LogP contribution in [0.3, 0.4) is 0 Å². The molecule has 0 amide bonds. The number of aliphatic carboxylic acids is 1.